The predicted octanol–water partition coefficient (Wildman–Crippen LogP) is 1.25. The first-order valence-electron chi connectivity index (χ1n) is 6.41. The van der Waals surface area contributed by atoms with Crippen molar-refractivity contribution in [1.82, 2.24) is 5.32 Å². The number of carbonyl (C=O) groups is 1. The largest absolute Gasteiger partial charge is 0.399 e. The molecule has 0 saturated carbocycles. The lowest BCUT2D eigenvalue weighted by molar-refractivity contribution is -0.122. The van der Waals surface area contributed by atoms with E-state index in [-0.39, 0.29) is 11.9 Å². The van der Waals surface area contributed by atoms with Gasteiger partial charge in [0, 0.05) is 38.7 Å². The SMILES string of the molecule is COCCCNC(=O)C(C)N(C)c1cccc(N)c1. The van der Waals surface area contributed by atoms with Gasteiger partial charge in [-0.3, -0.25) is 4.79 Å². The summed E-state index contributed by atoms with van der Waals surface area (Å²) in [7, 11) is 3.53. The third-order valence-corrected chi connectivity index (χ3v) is 3.06. The lowest BCUT2D eigenvalue weighted by atomic mass is 10.2. The Hall–Kier alpha value is -1.75. The van der Waals surface area contributed by atoms with Crippen LogP contribution in [0.15, 0.2) is 24.3 Å². The molecule has 0 aromatic heterocycles. The van der Waals surface area contributed by atoms with Crippen molar-refractivity contribution in [3.63, 3.8) is 0 Å². The number of methoxy groups -OCH3 is 1. The van der Waals surface area contributed by atoms with E-state index in [4.69, 9.17) is 10.5 Å². The van der Waals surface area contributed by atoms with E-state index in [2.05, 4.69) is 5.32 Å². The zero-order chi connectivity index (χ0) is 14.3. The predicted molar refractivity (Wildman–Crippen MR) is 78.2 cm³/mol. The first-order valence-corrected chi connectivity index (χ1v) is 6.41. The molecular weight excluding hydrogens is 242 g/mol. The number of rotatable bonds is 7. The maximum Gasteiger partial charge on any atom is 0.242 e. The van der Waals surface area contributed by atoms with Crippen LogP contribution in [0.25, 0.3) is 0 Å². The zero-order valence-corrected chi connectivity index (χ0v) is 11.8. The molecule has 0 spiro atoms. The Morgan fingerprint density at radius 3 is 2.89 bits per heavy atom. The van der Waals surface area contributed by atoms with Gasteiger partial charge in [0.15, 0.2) is 0 Å². The summed E-state index contributed by atoms with van der Waals surface area (Å²) >= 11 is 0. The fourth-order valence-corrected chi connectivity index (χ4v) is 1.72. The van der Waals surface area contributed by atoms with Crippen molar-refractivity contribution in [1.29, 1.82) is 0 Å². The average molecular weight is 265 g/mol. The number of hydrogen-bond acceptors (Lipinski definition) is 4. The number of ether oxygens (including phenoxy) is 1. The van der Waals surface area contributed by atoms with Gasteiger partial charge in [-0.15, -0.1) is 0 Å². The topological polar surface area (TPSA) is 67.6 Å². The van der Waals surface area contributed by atoms with E-state index in [1.807, 2.05) is 43.1 Å². The highest BCUT2D eigenvalue weighted by Crippen LogP contribution is 2.18. The number of nitrogens with two attached hydrogens (primary N) is 1. The molecule has 0 radical (unpaired) electrons. The minimum atomic E-state index is -0.246. The molecule has 0 heterocycles. The molecule has 106 valence electrons. The summed E-state index contributed by atoms with van der Waals surface area (Å²) in [5.41, 5.74) is 7.37. The van der Waals surface area contributed by atoms with Crippen LogP contribution in [0.1, 0.15) is 13.3 Å². The molecule has 0 aliphatic carbocycles. The molecule has 5 nitrogen and oxygen atoms in total. The van der Waals surface area contributed by atoms with E-state index >= 15 is 0 Å². The Morgan fingerprint density at radius 1 is 1.53 bits per heavy atom. The summed E-state index contributed by atoms with van der Waals surface area (Å²) in [6, 6.07) is 7.25. The van der Waals surface area contributed by atoms with Gasteiger partial charge < -0.3 is 20.7 Å². The minimum absolute atomic E-state index is 0.000951. The Morgan fingerprint density at radius 2 is 2.26 bits per heavy atom. The van der Waals surface area contributed by atoms with Crippen molar-refractivity contribution < 1.29 is 9.53 Å². The first-order chi connectivity index (χ1) is 9.06. The second-order valence-electron chi connectivity index (χ2n) is 4.52. The van der Waals surface area contributed by atoms with Crippen molar-refractivity contribution in [2.45, 2.75) is 19.4 Å². The number of nitrogen functional groups attached to an aromatic ring is 1. The summed E-state index contributed by atoms with van der Waals surface area (Å²) in [6.45, 7) is 3.15. The van der Waals surface area contributed by atoms with E-state index in [1.165, 1.54) is 0 Å². The van der Waals surface area contributed by atoms with E-state index < -0.39 is 0 Å². The van der Waals surface area contributed by atoms with E-state index in [0.717, 1.165) is 12.1 Å². The normalized spacial score (nSPS) is 11.9. The molecule has 0 saturated heterocycles. The molecule has 1 aromatic rings. The van der Waals surface area contributed by atoms with Crippen LogP contribution in [0.5, 0.6) is 0 Å². The third kappa shape index (κ3) is 4.79. The highest BCUT2D eigenvalue weighted by Gasteiger charge is 2.17. The van der Waals surface area contributed by atoms with Crippen LogP contribution < -0.4 is 16.0 Å². The van der Waals surface area contributed by atoms with Crippen molar-refractivity contribution >= 4 is 17.3 Å². The smallest absolute Gasteiger partial charge is 0.242 e. The van der Waals surface area contributed by atoms with Gasteiger partial charge in [-0.1, -0.05) is 6.07 Å². The summed E-state index contributed by atoms with van der Waals surface area (Å²) in [6.07, 6.45) is 0.816. The van der Waals surface area contributed by atoms with Gasteiger partial charge in [-0.05, 0) is 31.5 Å². The van der Waals surface area contributed by atoms with Crippen LogP contribution >= 0.6 is 0 Å². The maximum atomic E-state index is 12.0. The summed E-state index contributed by atoms with van der Waals surface area (Å²) < 4.78 is 4.94. The standard InChI is InChI=1S/C14H23N3O2/c1-11(14(18)16-8-5-9-19-3)17(2)13-7-4-6-12(15)10-13/h4,6-7,10-11H,5,8-9,15H2,1-3H3,(H,16,18). The number of nitrogens with zero attached hydrogens (tertiary/aromatic N) is 1. The highest BCUT2D eigenvalue weighted by molar-refractivity contribution is 5.84. The molecule has 0 fully saturated rings. The number of benzene rings is 1. The van der Waals surface area contributed by atoms with Gasteiger partial charge in [0.1, 0.15) is 6.04 Å². The van der Waals surface area contributed by atoms with Crippen LogP contribution in [0, 0.1) is 0 Å². The van der Waals surface area contributed by atoms with Gasteiger partial charge in [0.05, 0.1) is 0 Å². The number of hydrogen-bond donors (Lipinski definition) is 2. The van der Waals surface area contributed by atoms with Gasteiger partial charge in [-0.25, -0.2) is 0 Å². The van der Waals surface area contributed by atoms with E-state index in [0.29, 0.717) is 18.8 Å². The summed E-state index contributed by atoms with van der Waals surface area (Å²) in [5, 5.41) is 2.89. The lowest BCUT2D eigenvalue weighted by Gasteiger charge is -2.26. The minimum Gasteiger partial charge on any atom is -0.399 e. The van der Waals surface area contributed by atoms with Crippen LogP contribution in [-0.2, 0) is 9.53 Å². The molecule has 19 heavy (non-hydrogen) atoms. The number of nitrogens with one attached hydrogen (secondary N) is 1. The maximum absolute atomic E-state index is 12.0. The van der Waals surface area contributed by atoms with Gasteiger partial charge in [0.25, 0.3) is 0 Å². The molecule has 1 unspecified atom stereocenters. The number of anilines is 2. The quantitative estimate of drug-likeness (QED) is 0.575. The van der Waals surface area contributed by atoms with Crippen LogP contribution in [0.3, 0.4) is 0 Å². The number of carbonyl (C=O) groups excluding carboxylic acids is 1. The Labute approximate surface area is 114 Å². The van der Waals surface area contributed by atoms with Crippen LogP contribution in [0.2, 0.25) is 0 Å². The van der Waals surface area contributed by atoms with Gasteiger partial charge >= 0.3 is 0 Å². The molecule has 0 aliphatic rings. The molecule has 3 N–H and O–H groups in total. The fourth-order valence-electron chi connectivity index (χ4n) is 1.72. The van der Waals surface area contributed by atoms with Crippen molar-refractivity contribution in [2.75, 3.05) is 37.9 Å². The monoisotopic (exact) mass is 265 g/mol. The van der Waals surface area contributed by atoms with Gasteiger partial charge in [-0.2, -0.15) is 0 Å². The van der Waals surface area contributed by atoms with E-state index in [9.17, 15) is 4.79 Å². The second-order valence-corrected chi connectivity index (χ2v) is 4.52. The second kappa shape index (κ2) is 7.63. The van der Waals surface area contributed by atoms with Crippen molar-refractivity contribution in [3.8, 4) is 0 Å². The molecule has 0 aliphatic heterocycles. The lowest BCUT2D eigenvalue weighted by Crippen LogP contribution is -2.43. The highest BCUT2D eigenvalue weighted by atomic mass is 16.5. The van der Waals surface area contributed by atoms with Crippen LogP contribution in [0.4, 0.5) is 11.4 Å². The number of likely N-dealkylation sites (N-methyl/N-ethyl adjacent to an activating group) is 1. The Bertz CT molecular complexity index is 409. The molecule has 1 amide bonds. The van der Waals surface area contributed by atoms with Crippen LogP contribution in [-0.4, -0.2) is 39.3 Å². The molecule has 1 rings (SSSR count). The zero-order valence-electron chi connectivity index (χ0n) is 11.8. The molecular formula is C14H23N3O2. The van der Waals surface area contributed by atoms with E-state index in [1.54, 1.807) is 7.11 Å². The molecule has 1 aromatic carbocycles. The average Bonchev–Trinajstić information content (AvgIpc) is 2.41. The van der Waals surface area contributed by atoms with Crippen molar-refractivity contribution in [2.24, 2.45) is 0 Å². The third-order valence-electron chi connectivity index (χ3n) is 3.06. The Balaban J connectivity index is 2.51. The first kappa shape index (κ1) is 15.3. The summed E-state index contributed by atoms with van der Waals surface area (Å²) in [4.78, 5) is 13.9. The molecule has 0 bridgehead atoms. The van der Waals surface area contributed by atoms with Crippen molar-refractivity contribution in [3.05, 3.63) is 24.3 Å². The number of amides is 1. The molecule has 1 atom stereocenters. The molecule has 5 heteroatoms. The Kier molecular flexibility index (Phi) is 6.15. The fraction of sp³-hybridized carbons (Fsp3) is 0.500. The summed E-state index contributed by atoms with van der Waals surface area (Å²) in [5.74, 6) is 0.000951. The van der Waals surface area contributed by atoms with Gasteiger partial charge in [0.2, 0.25) is 5.91 Å².